The number of benzene rings is 1. The lowest BCUT2D eigenvalue weighted by Gasteiger charge is -2.29. The summed E-state index contributed by atoms with van der Waals surface area (Å²) < 4.78 is 1.11. The molecule has 0 heterocycles. The maximum absolute atomic E-state index is 9.59. The zero-order valence-corrected chi connectivity index (χ0v) is 11.1. The second kappa shape index (κ2) is 5.83. The normalized spacial score (nSPS) is 19.6. The van der Waals surface area contributed by atoms with Gasteiger partial charge in [-0.15, -0.1) is 0 Å². The Kier molecular flexibility index (Phi) is 4.42. The molecule has 1 saturated carbocycles. The summed E-state index contributed by atoms with van der Waals surface area (Å²) in [5.74, 6) is 1.02. The van der Waals surface area contributed by atoms with E-state index in [0.29, 0.717) is 11.8 Å². The minimum absolute atomic E-state index is 0.284. The van der Waals surface area contributed by atoms with Gasteiger partial charge in [0.05, 0.1) is 6.61 Å². The second-order valence-corrected chi connectivity index (χ2v) is 5.65. The molecule has 1 nitrogen and oxygen atoms in total. The average Bonchev–Trinajstić information content (AvgIpc) is 2.34. The Balaban J connectivity index is 2.11. The molecule has 1 N–H and O–H groups in total. The maximum Gasteiger partial charge on any atom is 0.0502 e. The van der Waals surface area contributed by atoms with Gasteiger partial charge in [-0.05, 0) is 36.5 Å². The highest BCUT2D eigenvalue weighted by atomic mass is 79.9. The average molecular weight is 283 g/mol. The second-order valence-electron chi connectivity index (χ2n) is 4.74. The first-order valence-electron chi connectivity index (χ1n) is 6.17. The zero-order valence-electron chi connectivity index (χ0n) is 9.53. The van der Waals surface area contributed by atoms with E-state index in [0.717, 1.165) is 4.47 Å². The molecule has 0 aliphatic heterocycles. The Morgan fingerprint density at radius 2 is 1.75 bits per heavy atom. The van der Waals surface area contributed by atoms with Crippen molar-refractivity contribution in [2.24, 2.45) is 5.92 Å². The van der Waals surface area contributed by atoms with Gasteiger partial charge in [0.15, 0.2) is 0 Å². The van der Waals surface area contributed by atoms with Crippen LogP contribution in [0.15, 0.2) is 28.7 Å². The molecule has 0 saturated heterocycles. The van der Waals surface area contributed by atoms with Crippen molar-refractivity contribution in [1.29, 1.82) is 0 Å². The van der Waals surface area contributed by atoms with Gasteiger partial charge in [0, 0.05) is 10.4 Å². The highest BCUT2D eigenvalue weighted by Crippen LogP contribution is 2.35. The molecule has 0 spiro atoms. The molecule has 1 fully saturated rings. The highest BCUT2D eigenvalue weighted by Gasteiger charge is 2.24. The minimum Gasteiger partial charge on any atom is -0.396 e. The molecule has 1 aromatic rings. The largest absolute Gasteiger partial charge is 0.396 e. The lowest BCUT2D eigenvalue weighted by molar-refractivity contribution is 0.196. The van der Waals surface area contributed by atoms with Gasteiger partial charge in [-0.2, -0.15) is 0 Å². The van der Waals surface area contributed by atoms with Crippen LogP contribution >= 0.6 is 15.9 Å². The van der Waals surface area contributed by atoms with E-state index in [2.05, 4.69) is 40.2 Å². The maximum atomic E-state index is 9.59. The van der Waals surface area contributed by atoms with Gasteiger partial charge in [-0.3, -0.25) is 0 Å². The predicted molar refractivity (Wildman–Crippen MR) is 70.5 cm³/mol. The molecule has 0 bridgehead atoms. The number of aliphatic hydroxyl groups is 1. The Hall–Kier alpha value is -0.340. The number of rotatable bonds is 3. The van der Waals surface area contributed by atoms with E-state index >= 15 is 0 Å². The fourth-order valence-corrected chi connectivity index (χ4v) is 3.04. The fraction of sp³-hybridized carbons (Fsp3) is 0.571. The summed E-state index contributed by atoms with van der Waals surface area (Å²) in [6.07, 6.45) is 6.59. The summed E-state index contributed by atoms with van der Waals surface area (Å²) in [4.78, 5) is 0. The summed E-state index contributed by atoms with van der Waals surface area (Å²) in [6, 6.07) is 8.42. The van der Waals surface area contributed by atoms with Gasteiger partial charge in [0.2, 0.25) is 0 Å². The summed E-state index contributed by atoms with van der Waals surface area (Å²) in [7, 11) is 0. The fourth-order valence-electron chi connectivity index (χ4n) is 2.77. The van der Waals surface area contributed by atoms with E-state index < -0.39 is 0 Å². The monoisotopic (exact) mass is 282 g/mol. The third-order valence-electron chi connectivity index (χ3n) is 3.71. The van der Waals surface area contributed by atoms with Crippen molar-refractivity contribution in [2.75, 3.05) is 6.61 Å². The van der Waals surface area contributed by atoms with Crippen LogP contribution in [-0.2, 0) is 0 Å². The summed E-state index contributed by atoms with van der Waals surface area (Å²) in [5.41, 5.74) is 1.29. The molecule has 1 aliphatic carbocycles. The van der Waals surface area contributed by atoms with Crippen molar-refractivity contribution < 1.29 is 5.11 Å². The van der Waals surface area contributed by atoms with E-state index in [1.165, 1.54) is 37.7 Å². The summed E-state index contributed by atoms with van der Waals surface area (Å²) in [6.45, 7) is 0.284. The molecule has 2 heteroatoms. The first-order valence-corrected chi connectivity index (χ1v) is 6.97. The summed E-state index contributed by atoms with van der Waals surface area (Å²) >= 11 is 3.45. The molecule has 2 rings (SSSR count). The number of aliphatic hydroxyl groups excluding tert-OH is 1. The highest BCUT2D eigenvalue weighted by molar-refractivity contribution is 9.10. The van der Waals surface area contributed by atoms with Crippen LogP contribution in [0.25, 0.3) is 0 Å². The lowest BCUT2D eigenvalue weighted by atomic mass is 9.77. The lowest BCUT2D eigenvalue weighted by Crippen LogP contribution is -2.19. The molecule has 16 heavy (non-hydrogen) atoms. The standard InChI is InChI=1S/C14H19BrO/c15-13-8-6-12(7-9-13)14(10-16)11-4-2-1-3-5-11/h6-9,11,14,16H,1-5,10H2. The molecule has 1 unspecified atom stereocenters. The van der Waals surface area contributed by atoms with Crippen LogP contribution in [0.4, 0.5) is 0 Å². The van der Waals surface area contributed by atoms with Crippen LogP contribution in [-0.4, -0.2) is 11.7 Å². The van der Waals surface area contributed by atoms with E-state index in [9.17, 15) is 5.11 Å². The third-order valence-corrected chi connectivity index (χ3v) is 4.24. The van der Waals surface area contributed by atoms with Gasteiger partial charge in [-0.1, -0.05) is 47.3 Å². The van der Waals surface area contributed by atoms with Crippen molar-refractivity contribution in [3.05, 3.63) is 34.3 Å². The van der Waals surface area contributed by atoms with Crippen LogP contribution in [0.3, 0.4) is 0 Å². The minimum atomic E-state index is 0.284. The topological polar surface area (TPSA) is 20.2 Å². The quantitative estimate of drug-likeness (QED) is 0.885. The molecular formula is C14H19BrO. The van der Waals surface area contributed by atoms with Crippen LogP contribution in [0.1, 0.15) is 43.6 Å². The number of hydrogen-bond donors (Lipinski definition) is 1. The first kappa shape index (κ1) is 12.1. The van der Waals surface area contributed by atoms with Crippen LogP contribution < -0.4 is 0 Å². The van der Waals surface area contributed by atoms with Gasteiger partial charge in [-0.25, -0.2) is 0 Å². The molecular weight excluding hydrogens is 264 g/mol. The van der Waals surface area contributed by atoms with E-state index in [1.807, 2.05) is 0 Å². The van der Waals surface area contributed by atoms with Crippen LogP contribution in [0, 0.1) is 5.92 Å². The predicted octanol–water partition coefficient (Wildman–Crippen LogP) is 4.11. The molecule has 0 amide bonds. The van der Waals surface area contributed by atoms with Gasteiger partial charge in [0.25, 0.3) is 0 Å². The molecule has 1 atom stereocenters. The van der Waals surface area contributed by atoms with Crippen molar-refractivity contribution in [1.82, 2.24) is 0 Å². The third kappa shape index (κ3) is 2.86. The number of halogens is 1. The molecule has 0 aromatic heterocycles. The first-order chi connectivity index (χ1) is 7.81. The molecule has 1 aromatic carbocycles. The smallest absolute Gasteiger partial charge is 0.0502 e. The molecule has 1 aliphatic rings. The van der Waals surface area contributed by atoms with Crippen molar-refractivity contribution in [2.45, 2.75) is 38.0 Å². The van der Waals surface area contributed by atoms with Crippen LogP contribution in [0.2, 0.25) is 0 Å². The van der Waals surface area contributed by atoms with E-state index in [1.54, 1.807) is 0 Å². The SMILES string of the molecule is OCC(c1ccc(Br)cc1)C1CCCCC1. The Morgan fingerprint density at radius 1 is 1.12 bits per heavy atom. The van der Waals surface area contributed by atoms with Crippen LogP contribution in [0.5, 0.6) is 0 Å². The zero-order chi connectivity index (χ0) is 11.4. The van der Waals surface area contributed by atoms with Gasteiger partial charge >= 0.3 is 0 Å². The van der Waals surface area contributed by atoms with Crippen molar-refractivity contribution >= 4 is 15.9 Å². The molecule has 0 radical (unpaired) electrons. The Morgan fingerprint density at radius 3 is 2.31 bits per heavy atom. The number of hydrogen-bond acceptors (Lipinski definition) is 1. The van der Waals surface area contributed by atoms with Crippen molar-refractivity contribution in [3.8, 4) is 0 Å². The van der Waals surface area contributed by atoms with E-state index in [-0.39, 0.29) is 6.61 Å². The molecule has 88 valence electrons. The van der Waals surface area contributed by atoms with Gasteiger partial charge in [0.1, 0.15) is 0 Å². The summed E-state index contributed by atoms with van der Waals surface area (Å²) in [5, 5.41) is 9.59. The van der Waals surface area contributed by atoms with E-state index in [4.69, 9.17) is 0 Å². The Labute approximate surface area is 106 Å². The van der Waals surface area contributed by atoms with Gasteiger partial charge < -0.3 is 5.11 Å². The Bertz CT molecular complexity index is 314. The van der Waals surface area contributed by atoms with Crippen molar-refractivity contribution in [3.63, 3.8) is 0 Å².